The molecule has 0 bridgehead atoms. The van der Waals surface area contributed by atoms with Gasteiger partial charge in [0.2, 0.25) is 0 Å². The van der Waals surface area contributed by atoms with E-state index in [-0.39, 0.29) is 12.3 Å². The monoisotopic (exact) mass is 244 g/mol. The molecule has 1 aliphatic rings. The number of aromatic carboxylic acids is 1. The maximum absolute atomic E-state index is 11.0. The maximum Gasteiger partial charge on any atom is 0.354 e. The highest BCUT2D eigenvalue weighted by Crippen LogP contribution is 2.40. The Balaban J connectivity index is 2.25. The van der Waals surface area contributed by atoms with Crippen molar-refractivity contribution >= 4 is 5.97 Å². The molecule has 2 aromatic rings. The van der Waals surface area contributed by atoms with Crippen molar-refractivity contribution in [3.63, 3.8) is 0 Å². The number of carbonyl (C=O) groups is 1. The summed E-state index contributed by atoms with van der Waals surface area (Å²) in [6, 6.07) is 3.91. The second kappa shape index (κ2) is 3.60. The fraction of sp³-hybridized carbons (Fsp3) is 0.231. The first-order valence-electron chi connectivity index (χ1n) is 5.63. The second-order valence-electron chi connectivity index (χ2n) is 4.40. The van der Waals surface area contributed by atoms with Gasteiger partial charge < -0.3 is 9.84 Å². The average molecular weight is 244 g/mol. The molecule has 0 saturated carbocycles. The van der Waals surface area contributed by atoms with Crippen LogP contribution in [0.15, 0.2) is 12.1 Å². The van der Waals surface area contributed by atoms with Crippen molar-refractivity contribution in [3.05, 3.63) is 34.5 Å². The molecule has 0 radical (unpaired) electrons. The summed E-state index contributed by atoms with van der Waals surface area (Å²) in [5.41, 5.74) is 4.45. The number of nitrogens with one attached hydrogen (secondary N) is 1. The van der Waals surface area contributed by atoms with Gasteiger partial charge in [-0.25, -0.2) is 4.79 Å². The van der Waals surface area contributed by atoms with E-state index in [2.05, 4.69) is 10.2 Å². The van der Waals surface area contributed by atoms with E-state index in [1.165, 1.54) is 0 Å². The van der Waals surface area contributed by atoms with Gasteiger partial charge in [0.15, 0.2) is 5.69 Å². The van der Waals surface area contributed by atoms with Crippen LogP contribution in [0.3, 0.4) is 0 Å². The van der Waals surface area contributed by atoms with Crippen LogP contribution in [0.4, 0.5) is 0 Å². The number of H-pyrrole nitrogens is 1. The Labute approximate surface area is 103 Å². The molecule has 3 rings (SSSR count). The van der Waals surface area contributed by atoms with E-state index in [9.17, 15) is 4.79 Å². The minimum Gasteiger partial charge on any atom is -0.488 e. The summed E-state index contributed by atoms with van der Waals surface area (Å²) in [5, 5.41) is 15.7. The molecule has 5 heteroatoms. The molecule has 2 N–H and O–H groups in total. The topological polar surface area (TPSA) is 75.2 Å². The normalized spacial score (nSPS) is 12.6. The molecule has 2 heterocycles. The Hall–Kier alpha value is -2.30. The van der Waals surface area contributed by atoms with Gasteiger partial charge in [-0.2, -0.15) is 5.10 Å². The molecule has 1 aromatic heterocycles. The van der Waals surface area contributed by atoms with E-state index in [1.807, 2.05) is 26.0 Å². The minimum absolute atomic E-state index is 0.105. The molecular weight excluding hydrogens is 232 g/mol. The molecule has 0 amide bonds. The average Bonchev–Trinajstić information content (AvgIpc) is 2.77. The van der Waals surface area contributed by atoms with E-state index in [0.29, 0.717) is 11.3 Å². The van der Waals surface area contributed by atoms with Crippen molar-refractivity contribution in [1.82, 2.24) is 10.2 Å². The zero-order valence-electron chi connectivity index (χ0n) is 10.1. The first-order valence-corrected chi connectivity index (χ1v) is 5.63. The number of hydrogen-bond donors (Lipinski definition) is 2. The van der Waals surface area contributed by atoms with Gasteiger partial charge in [0.1, 0.15) is 18.1 Å². The predicted molar refractivity (Wildman–Crippen MR) is 64.8 cm³/mol. The largest absolute Gasteiger partial charge is 0.488 e. The molecule has 1 aliphatic heterocycles. The summed E-state index contributed by atoms with van der Waals surface area (Å²) in [7, 11) is 0. The fourth-order valence-electron chi connectivity index (χ4n) is 2.21. The van der Waals surface area contributed by atoms with Crippen LogP contribution in [0.5, 0.6) is 5.75 Å². The summed E-state index contributed by atoms with van der Waals surface area (Å²) in [5.74, 6) is -0.217. The Morgan fingerprint density at radius 3 is 2.94 bits per heavy atom. The quantitative estimate of drug-likeness (QED) is 0.807. The molecule has 0 fully saturated rings. The molecule has 0 unspecified atom stereocenters. The third kappa shape index (κ3) is 1.33. The lowest BCUT2D eigenvalue weighted by atomic mass is 9.97. The third-order valence-corrected chi connectivity index (χ3v) is 3.37. The van der Waals surface area contributed by atoms with Crippen molar-refractivity contribution in [3.8, 4) is 17.0 Å². The number of aromatic nitrogens is 2. The molecule has 0 atom stereocenters. The number of rotatable bonds is 1. The lowest BCUT2D eigenvalue weighted by Crippen LogP contribution is -2.10. The Bertz CT molecular complexity index is 658. The number of carboxylic acids is 1. The number of hydrogen-bond acceptors (Lipinski definition) is 3. The molecular formula is C13H12N2O3. The molecule has 5 nitrogen and oxygen atoms in total. The Kier molecular flexibility index (Phi) is 2.16. The van der Waals surface area contributed by atoms with Crippen molar-refractivity contribution in [2.45, 2.75) is 20.5 Å². The van der Waals surface area contributed by atoms with Gasteiger partial charge in [-0.1, -0.05) is 6.07 Å². The van der Waals surface area contributed by atoms with Crippen molar-refractivity contribution < 1.29 is 14.6 Å². The number of benzene rings is 1. The van der Waals surface area contributed by atoms with Crippen LogP contribution in [0.1, 0.15) is 27.2 Å². The fourth-order valence-corrected chi connectivity index (χ4v) is 2.21. The van der Waals surface area contributed by atoms with E-state index in [0.717, 1.165) is 22.4 Å². The SMILES string of the molecule is Cc1ccc2c(c1C)OCc1c-2n[nH]c1C(=O)O. The molecule has 0 aliphatic carbocycles. The summed E-state index contributed by atoms with van der Waals surface area (Å²) < 4.78 is 5.69. The molecule has 0 saturated heterocycles. The van der Waals surface area contributed by atoms with Gasteiger partial charge >= 0.3 is 5.97 Å². The lowest BCUT2D eigenvalue weighted by molar-refractivity contribution is 0.0687. The molecule has 0 spiro atoms. The van der Waals surface area contributed by atoms with Gasteiger partial charge in [0.25, 0.3) is 0 Å². The predicted octanol–water partition coefficient (Wildman–Crippen LogP) is 2.28. The van der Waals surface area contributed by atoms with Crippen LogP contribution in [0, 0.1) is 13.8 Å². The second-order valence-corrected chi connectivity index (χ2v) is 4.40. The van der Waals surface area contributed by atoms with Crippen LogP contribution < -0.4 is 4.74 Å². The van der Waals surface area contributed by atoms with Gasteiger partial charge in [-0.15, -0.1) is 0 Å². The Morgan fingerprint density at radius 2 is 2.22 bits per heavy atom. The highest BCUT2D eigenvalue weighted by atomic mass is 16.5. The van der Waals surface area contributed by atoms with E-state index in [4.69, 9.17) is 9.84 Å². The number of fused-ring (bicyclic) bond motifs is 3. The summed E-state index contributed by atoms with van der Waals surface area (Å²) in [4.78, 5) is 11.0. The molecule has 1 aromatic carbocycles. The lowest BCUT2D eigenvalue weighted by Gasteiger charge is -2.20. The zero-order chi connectivity index (χ0) is 12.9. The minimum atomic E-state index is -1.01. The maximum atomic E-state index is 11.0. The van der Waals surface area contributed by atoms with Gasteiger partial charge in [0.05, 0.1) is 5.56 Å². The smallest absolute Gasteiger partial charge is 0.354 e. The van der Waals surface area contributed by atoms with E-state index in [1.54, 1.807) is 0 Å². The van der Waals surface area contributed by atoms with Crippen LogP contribution in [0.25, 0.3) is 11.3 Å². The number of aryl methyl sites for hydroxylation is 1. The standard InChI is InChI=1S/C13H12N2O3/c1-6-3-4-8-10-9(5-18-12(8)7(6)2)11(13(16)17)15-14-10/h3-4H,5H2,1-2H3,(H,14,15)(H,16,17). The van der Waals surface area contributed by atoms with Gasteiger partial charge in [-0.05, 0) is 31.0 Å². The van der Waals surface area contributed by atoms with Crippen molar-refractivity contribution in [2.75, 3.05) is 0 Å². The van der Waals surface area contributed by atoms with Crippen molar-refractivity contribution in [2.24, 2.45) is 0 Å². The van der Waals surface area contributed by atoms with Crippen LogP contribution in [-0.4, -0.2) is 21.3 Å². The number of ether oxygens (including phenoxy) is 1. The molecule has 92 valence electrons. The van der Waals surface area contributed by atoms with Gasteiger partial charge in [-0.3, -0.25) is 5.10 Å². The van der Waals surface area contributed by atoms with Crippen LogP contribution >= 0.6 is 0 Å². The first-order chi connectivity index (χ1) is 8.59. The zero-order valence-corrected chi connectivity index (χ0v) is 10.1. The van der Waals surface area contributed by atoms with Crippen molar-refractivity contribution in [1.29, 1.82) is 0 Å². The van der Waals surface area contributed by atoms with Crippen LogP contribution in [-0.2, 0) is 6.61 Å². The van der Waals surface area contributed by atoms with E-state index >= 15 is 0 Å². The highest BCUT2D eigenvalue weighted by molar-refractivity contribution is 5.90. The highest BCUT2D eigenvalue weighted by Gasteiger charge is 2.27. The summed E-state index contributed by atoms with van der Waals surface area (Å²) in [6.07, 6.45) is 0. The molecule has 18 heavy (non-hydrogen) atoms. The Morgan fingerprint density at radius 1 is 1.44 bits per heavy atom. The number of nitrogens with zero attached hydrogens (tertiary/aromatic N) is 1. The first kappa shape index (κ1) is 10.8. The summed E-state index contributed by atoms with van der Waals surface area (Å²) >= 11 is 0. The van der Waals surface area contributed by atoms with Crippen LogP contribution in [0.2, 0.25) is 0 Å². The third-order valence-electron chi connectivity index (χ3n) is 3.37. The van der Waals surface area contributed by atoms with Gasteiger partial charge in [0, 0.05) is 5.56 Å². The summed E-state index contributed by atoms with van der Waals surface area (Å²) in [6.45, 7) is 4.25. The number of aromatic amines is 1. The van der Waals surface area contributed by atoms with E-state index < -0.39 is 5.97 Å². The number of carboxylic acid groups (broad SMARTS) is 1.